The van der Waals surface area contributed by atoms with Gasteiger partial charge in [0.15, 0.2) is 5.75 Å². The maximum Gasteiger partial charge on any atom is 0.151 e. The van der Waals surface area contributed by atoms with Gasteiger partial charge in [-0.2, -0.15) is 0 Å². The Balaban J connectivity index is 2.14. The molecule has 0 radical (unpaired) electrons. The first-order chi connectivity index (χ1) is 12.9. The Hall–Kier alpha value is -1.38. The lowest BCUT2D eigenvalue weighted by molar-refractivity contribution is 0.194. The second-order valence-electron chi connectivity index (χ2n) is 8.18. The number of hydrogen-bond acceptors (Lipinski definition) is 5. The summed E-state index contributed by atoms with van der Waals surface area (Å²) in [5.41, 5.74) is 1.48. The van der Waals surface area contributed by atoms with Crippen molar-refractivity contribution in [2.75, 3.05) is 6.61 Å². The summed E-state index contributed by atoms with van der Waals surface area (Å²) in [5, 5.41) is 10.1. The van der Waals surface area contributed by atoms with Crippen LogP contribution in [-0.2, 0) is 16.9 Å². The molecule has 1 aliphatic heterocycles. The molecule has 0 spiro atoms. The standard InChI is InChI=1S/C20H24ClFN2O3S/c1-11(25)16-9-13-18(17(23-16)12-6-7-15(22)14(21)8-12)27-10-20(13,5)24-28(26)19(2,3)4/h6-9,11,24-25H,10H2,1-5H3. The molecule has 8 heteroatoms. The first-order valence-corrected chi connectivity index (χ1v) is 10.5. The van der Waals surface area contributed by atoms with E-state index in [2.05, 4.69) is 9.71 Å². The normalized spacial score (nSPS) is 21.2. The maximum atomic E-state index is 13.6. The van der Waals surface area contributed by atoms with Crippen molar-refractivity contribution in [2.24, 2.45) is 0 Å². The Morgan fingerprint density at radius 2 is 2.07 bits per heavy atom. The van der Waals surface area contributed by atoms with Gasteiger partial charge in [-0.15, -0.1) is 4.72 Å². The number of nitrogens with one attached hydrogen (secondary N) is 1. The topological polar surface area (TPSA) is 77.4 Å². The van der Waals surface area contributed by atoms with E-state index in [1.807, 2.05) is 27.7 Å². The third-order valence-corrected chi connectivity index (χ3v) is 6.63. The number of aliphatic hydroxyl groups excluding tert-OH is 1. The van der Waals surface area contributed by atoms with Gasteiger partial charge < -0.3 is 14.4 Å². The van der Waals surface area contributed by atoms with Gasteiger partial charge in [-0.1, -0.05) is 11.6 Å². The molecule has 3 atom stereocenters. The first-order valence-electron chi connectivity index (χ1n) is 8.94. The van der Waals surface area contributed by atoms with Crippen molar-refractivity contribution in [3.05, 3.63) is 46.4 Å². The lowest BCUT2D eigenvalue weighted by Gasteiger charge is -2.31. The fourth-order valence-electron chi connectivity index (χ4n) is 2.90. The van der Waals surface area contributed by atoms with Gasteiger partial charge in [0.2, 0.25) is 0 Å². The summed E-state index contributed by atoms with van der Waals surface area (Å²) in [5.74, 6) is -0.0188. The largest absolute Gasteiger partial charge is 0.598 e. The average Bonchev–Trinajstić information content (AvgIpc) is 2.92. The monoisotopic (exact) mass is 426 g/mol. The minimum atomic E-state index is -1.33. The fourth-order valence-corrected chi connectivity index (χ4v) is 3.96. The van der Waals surface area contributed by atoms with E-state index in [0.29, 0.717) is 22.7 Å². The molecular formula is C20H24ClFN2O3S. The van der Waals surface area contributed by atoms with E-state index in [1.165, 1.54) is 12.1 Å². The molecule has 0 saturated carbocycles. The minimum absolute atomic E-state index is 0.0248. The number of halogens is 2. The summed E-state index contributed by atoms with van der Waals surface area (Å²) in [7, 11) is 0. The predicted molar refractivity (Wildman–Crippen MR) is 109 cm³/mol. The second-order valence-corrected chi connectivity index (χ2v) is 10.6. The summed E-state index contributed by atoms with van der Waals surface area (Å²) >= 11 is 4.61. The minimum Gasteiger partial charge on any atom is -0.598 e. The van der Waals surface area contributed by atoms with Crippen LogP contribution in [-0.4, -0.2) is 26.0 Å². The van der Waals surface area contributed by atoms with Gasteiger partial charge in [-0.05, 0) is 58.9 Å². The van der Waals surface area contributed by atoms with E-state index in [4.69, 9.17) is 16.3 Å². The van der Waals surface area contributed by atoms with Crippen molar-refractivity contribution in [1.82, 2.24) is 9.71 Å². The molecule has 0 saturated heterocycles. The zero-order chi connectivity index (χ0) is 20.9. The molecule has 1 aliphatic rings. The van der Waals surface area contributed by atoms with Crippen LogP contribution in [0.3, 0.4) is 0 Å². The summed E-state index contributed by atoms with van der Waals surface area (Å²) in [6, 6.07) is 6.07. The zero-order valence-corrected chi connectivity index (χ0v) is 18.0. The lowest BCUT2D eigenvalue weighted by Crippen LogP contribution is -2.50. The third kappa shape index (κ3) is 4.00. The highest BCUT2D eigenvalue weighted by atomic mass is 35.5. The Bertz CT molecular complexity index is 904. The third-order valence-electron chi connectivity index (χ3n) is 4.59. The Labute approximate surface area is 172 Å². The van der Waals surface area contributed by atoms with Crippen molar-refractivity contribution in [3.63, 3.8) is 0 Å². The number of rotatable bonds is 4. The quantitative estimate of drug-likeness (QED) is 0.714. The number of nitrogens with zero attached hydrogens (tertiary/aromatic N) is 1. The Kier molecular flexibility index (Phi) is 5.68. The smallest absolute Gasteiger partial charge is 0.151 e. The van der Waals surface area contributed by atoms with Crippen LogP contribution >= 0.6 is 11.6 Å². The molecule has 2 aromatic rings. The summed E-state index contributed by atoms with van der Waals surface area (Å²) in [6.07, 6.45) is -0.821. The van der Waals surface area contributed by atoms with Crippen molar-refractivity contribution < 1.29 is 18.8 Å². The van der Waals surface area contributed by atoms with E-state index in [0.717, 1.165) is 5.56 Å². The summed E-state index contributed by atoms with van der Waals surface area (Å²) < 4.78 is 35.0. The van der Waals surface area contributed by atoms with Gasteiger partial charge in [0.05, 0.1) is 16.8 Å². The first kappa shape index (κ1) is 21.3. The molecule has 2 N–H and O–H groups in total. The Morgan fingerprint density at radius 3 is 2.64 bits per heavy atom. The lowest BCUT2D eigenvalue weighted by atomic mass is 9.93. The van der Waals surface area contributed by atoms with Crippen LogP contribution < -0.4 is 9.46 Å². The molecule has 2 heterocycles. The van der Waals surface area contributed by atoms with Crippen LogP contribution in [0.4, 0.5) is 4.39 Å². The van der Waals surface area contributed by atoms with Gasteiger partial charge in [0.25, 0.3) is 0 Å². The maximum absolute atomic E-state index is 13.6. The average molecular weight is 427 g/mol. The SMILES string of the molecule is CC(O)c1cc2c(c(-c3ccc(F)c(Cl)c3)n1)OCC2(C)N[S+]([O-])C(C)(C)C. The molecule has 0 fully saturated rings. The molecule has 5 nitrogen and oxygen atoms in total. The molecule has 28 heavy (non-hydrogen) atoms. The number of benzene rings is 1. The predicted octanol–water partition coefficient (Wildman–Crippen LogP) is 4.25. The van der Waals surface area contributed by atoms with Crippen molar-refractivity contribution >= 4 is 23.0 Å². The number of hydrogen-bond donors (Lipinski definition) is 2. The van der Waals surface area contributed by atoms with Crippen molar-refractivity contribution in [2.45, 2.75) is 51.0 Å². The molecule has 152 valence electrons. The second kappa shape index (κ2) is 7.46. The van der Waals surface area contributed by atoms with E-state index >= 15 is 0 Å². The molecule has 0 bridgehead atoms. The molecular weight excluding hydrogens is 403 g/mol. The molecule has 1 aromatic carbocycles. The fraction of sp³-hybridized carbons (Fsp3) is 0.450. The highest BCUT2D eigenvalue weighted by Crippen LogP contribution is 2.45. The van der Waals surface area contributed by atoms with Crippen LogP contribution in [0, 0.1) is 5.82 Å². The molecule has 3 rings (SSSR count). The van der Waals surface area contributed by atoms with Gasteiger partial charge in [0.1, 0.15) is 28.4 Å². The number of fused-ring (bicyclic) bond motifs is 1. The summed E-state index contributed by atoms with van der Waals surface area (Å²) in [6.45, 7) is 9.42. The van der Waals surface area contributed by atoms with Crippen LogP contribution in [0.25, 0.3) is 11.3 Å². The van der Waals surface area contributed by atoms with Crippen LogP contribution in [0.1, 0.15) is 52.0 Å². The highest BCUT2D eigenvalue weighted by Gasteiger charge is 2.45. The molecule has 0 aliphatic carbocycles. The van der Waals surface area contributed by atoms with E-state index < -0.39 is 33.6 Å². The van der Waals surface area contributed by atoms with Gasteiger partial charge in [-0.3, -0.25) is 0 Å². The van der Waals surface area contributed by atoms with Crippen LogP contribution in [0.5, 0.6) is 5.75 Å². The van der Waals surface area contributed by atoms with Crippen LogP contribution in [0.2, 0.25) is 5.02 Å². The highest BCUT2D eigenvalue weighted by molar-refractivity contribution is 7.90. The van der Waals surface area contributed by atoms with E-state index in [1.54, 1.807) is 19.1 Å². The van der Waals surface area contributed by atoms with Crippen LogP contribution in [0.15, 0.2) is 24.3 Å². The number of pyridine rings is 1. The number of aliphatic hydroxyl groups is 1. The number of ether oxygens (including phenoxy) is 1. The number of aromatic nitrogens is 1. The van der Waals surface area contributed by atoms with Gasteiger partial charge >= 0.3 is 0 Å². The zero-order valence-electron chi connectivity index (χ0n) is 16.5. The molecule has 0 amide bonds. The van der Waals surface area contributed by atoms with Crippen molar-refractivity contribution in [3.8, 4) is 17.0 Å². The van der Waals surface area contributed by atoms with E-state index in [-0.39, 0.29) is 11.6 Å². The van der Waals surface area contributed by atoms with E-state index in [9.17, 15) is 14.0 Å². The van der Waals surface area contributed by atoms with Gasteiger partial charge in [0, 0.05) is 22.5 Å². The summed E-state index contributed by atoms with van der Waals surface area (Å²) in [4.78, 5) is 4.52. The van der Waals surface area contributed by atoms with Gasteiger partial charge in [-0.25, -0.2) is 9.37 Å². The van der Waals surface area contributed by atoms with Crippen molar-refractivity contribution in [1.29, 1.82) is 0 Å². The molecule has 1 aromatic heterocycles. The Morgan fingerprint density at radius 1 is 1.39 bits per heavy atom. The molecule has 3 unspecified atom stereocenters.